The molecule has 0 spiro atoms. The minimum absolute atomic E-state index is 0.149. The van der Waals surface area contributed by atoms with Gasteiger partial charge in [0.1, 0.15) is 6.54 Å². The van der Waals surface area contributed by atoms with E-state index in [1.54, 1.807) is 12.2 Å². The van der Waals surface area contributed by atoms with Gasteiger partial charge in [-0.25, -0.2) is 9.69 Å². The molecule has 0 aromatic heterocycles. The molecule has 1 rings (SSSR count). The van der Waals surface area contributed by atoms with E-state index in [1.165, 1.54) is 0 Å². The van der Waals surface area contributed by atoms with Crippen molar-refractivity contribution in [3.63, 3.8) is 0 Å². The molecule has 0 unspecified atom stereocenters. The van der Waals surface area contributed by atoms with Crippen molar-refractivity contribution in [3.8, 4) is 0 Å². The average Bonchev–Trinajstić information content (AvgIpc) is 2.33. The minimum Gasteiger partial charge on any atom is -0.465 e. The van der Waals surface area contributed by atoms with Gasteiger partial charge in [-0.15, -0.1) is 0 Å². The highest BCUT2D eigenvalue weighted by Crippen LogP contribution is 2.00. The van der Waals surface area contributed by atoms with Gasteiger partial charge in [-0.3, -0.25) is 19.7 Å². The summed E-state index contributed by atoms with van der Waals surface area (Å²) < 4.78 is 4.51. The lowest BCUT2D eigenvalue weighted by atomic mass is 10.5. The predicted octanol–water partition coefficient (Wildman–Crippen LogP) is -1.37. The molecule has 0 radical (unpaired) electrons. The first-order valence-electron chi connectivity index (χ1n) is 3.88. The lowest BCUT2D eigenvalue weighted by Crippen LogP contribution is -2.36. The average molecular weight is 200 g/mol. The molecule has 1 fully saturated rings. The van der Waals surface area contributed by atoms with E-state index in [1.807, 2.05) is 0 Å². The molecule has 4 amide bonds. The van der Waals surface area contributed by atoms with E-state index in [-0.39, 0.29) is 6.61 Å². The monoisotopic (exact) mass is 200 g/mol. The Bertz CT molecular complexity index is 311. The zero-order valence-corrected chi connectivity index (χ0v) is 7.40. The van der Waals surface area contributed by atoms with Crippen LogP contribution >= 0.6 is 0 Å². The lowest BCUT2D eigenvalue weighted by molar-refractivity contribution is -0.148. The standard InChI is InChI=1S/C7H8N2O5/c1-2-14-4(10)3-9-6(12)5(11)8-7(9)13/h2-3H2,1H3,(H,8,11,13). The van der Waals surface area contributed by atoms with Crippen LogP contribution in [0.2, 0.25) is 0 Å². The summed E-state index contributed by atoms with van der Waals surface area (Å²) in [7, 11) is 0. The van der Waals surface area contributed by atoms with Gasteiger partial charge in [0.25, 0.3) is 0 Å². The Balaban J connectivity index is 2.60. The predicted molar refractivity (Wildman–Crippen MR) is 41.9 cm³/mol. The molecule has 1 aliphatic heterocycles. The smallest absolute Gasteiger partial charge is 0.332 e. The van der Waals surface area contributed by atoms with Gasteiger partial charge >= 0.3 is 23.8 Å². The van der Waals surface area contributed by atoms with E-state index in [9.17, 15) is 19.2 Å². The lowest BCUT2D eigenvalue weighted by Gasteiger charge is -2.09. The van der Waals surface area contributed by atoms with Gasteiger partial charge in [0.15, 0.2) is 0 Å². The highest BCUT2D eigenvalue weighted by atomic mass is 16.5. The van der Waals surface area contributed by atoms with Crippen molar-refractivity contribution in [2.45, 2.75) is 6.92 Å². The zero-order chi connectivity index (χ0) is 10.7. The normalized spacial score (nSPS) is 15.8. The molecule has 0 aliphatic carbocycles. The van der Waals surface area contributed by atoms with Gasteiger partial charge in [-0.2, -0.15) is 0 Å². The minimum atomic E-state index is -1.04. The van der Waals surface area contributed by atoms with Crippen molar-refractivity contribution in [1.82, 2.24) is 10.2 Å². The summed E-state index contributed by atoms with van der Waals surface area (Å²) in [6, 6.07) is -0.895. The topological polar surface area (TPSA) is 92.8 Å². The fourth-order valence-corrected chi connectivity index (χ4v) is 0.912. The van der Waals surface area contributed by atoms with E-state index in [4.69, 9.17) is 0 Å². The summed E-state index contributed by atoms with van der Waals surface area (Å²) in [4.78, 5) is 43.9. The number of urea groups is 1. The summed E-state index contributed by atoms with van der Waals surface area (Å²) in [5.74, 6) is -2.80. The van der Waals surface area contributed by atoms with E-state index in [2.05, 4.69) is 4.74 Å². The van der Waals surface area contributed by atoms with E-state index in [0.29, 0.717) is 4.90 Å². The number of ether oxygens (including phenoxy) is 1. The number of esters is 1. The number of carbonyl (C=O) groups is 4. The van der Waals surface area contributed by atoms with Crippen LogP contribution in [0.5, 0.6) is 0 Å². The molecular formula is C7H8N2O5. The molecule has 14 heavy (non-hydrogen) atoms. The molecule has 0 aromatic rings. The molecule has 1 aliphatic rings. The Hall–Kier alpha value is -1.92. The highest BCUT2D eigenvalue weighted by Gasteiger charge is 2.38. The van der Waals surface area contributed by atoms with Gasteiger partial charge in [0.05, 0.1) is 6.61 Å². The SMILES string of the molecule is CCOC(=O)CN1C(=O)NC(=O)C1=O. The number of nitrogens with zero attached hydrogens (tertiary/aromatic N) is 1. The Morgan fingerprint density at radius 2 is 2.07 bits per heavy atom. The van der Waals surface area contributed by atoms with Crippen LogP contribution in [-0.4, -0.2) is 41.9 Å². The fraction of sp³-hybridized carbons (Fsp3) is 0.429. The van der Waals surface area contributed by atoms with Gasteiger partial charge in [-0.05, 0) is 6.92 Å². The van der Waals surface area contributed by atoms with Gasteiger partial charge in [-0.1, -0.05) is 0 Å². The molecule has 76 valence electrons. The number of carbonyl (C=O) groups excluding carboxylic acids is 4. The second-order valence-corrected chi connectivity index (χ2v) is 2.46. The first kappa shape index (κ1) is 10.2. The molecule has 7 heteroatoms. The van der Waals surface area contributed by atoms with Crippen molar-refractivity contribution in [2.24, 2.45) is 0 Å². The number of rotatable bonds is 3. The summed E-state index contributed by atoms with van der Waals surface area (Å²) in [5, 5.41) is 1.75. The van der Waals surface area contributed by atoms with Crippen molar-refractivity contribution >= 4 is 23.8 Å². The molecule has 0 bridgehead atoms. The van der Waals surface area contributed by atoms with Crippen LogP contribution < -0.4 is 5.32 Å². The molecule has 0 aromatic carbocycles. The first-order chi connectivity index (χ1) is 6.56. The van der Waals surface area contributed by atoms with Crippen LogP contribution in [0.3, 0.4) is 0 Å². The third-order valence-corrected chi connectivity index (χ3v) is 1.50. The van der Waals surface area contributed by atoms with Crippen LogP contribution in [0.4, 0.5) is 4.79 Å². The van der Waals surface area contributed by atoms with Crippen molar-refractivity contribution in [2.75, 3.05) is 13.2 Å². The van der Waals surface area contributed by atoms with Crippen LogP contribution in [0.1, 0.15) is 6.92 Å². The maximum absolute atomic E-state index is 10.9. The van der Waals surface area contributed by atoms with E-state index < -0.39 is 30.4 Å². The number of amides is 4. The molecule has 1 heterocycles. The Morgan fingerprint density at radius 1 is 1.43 bits per heavy atom. The second kappa shape index (κ2) is 3.86. The number of nitrogens with one attached hydrogen (secondary N) is 1. The first-order valence-corrected chi connectivity index (χ1v) is 3.88. The molecule has 0 atom stereocenters. The fourth-order valence-electron chi connectivity index (χ4n) is 0.912. The maximum Gasteiger partial charge on any atom is 0.332 e. The van der Waals surface area contributed by atoms with Crippen molar-refractivity contribution in [1.29, 1.82) is 0 Å². The summed E-state index contributed by atoms with van der Waals surface area (Å²) in [6.45, 7) is 1.20. The van der Waals surface area contributed by atoms with Crippen LogP contribution in [0.15, 0.2) is 0 Å². The van der Waals surface area contributed by atoms with Crippen LogP contribution in [0, 0.1) is 0 Å². The molecule has 1 saturated heterocycles. The molecular weight excluding hydrogens is 192 g/mol. The summed E-state index contributed by atoms with van der Waals surface area (Å²) in [5.41, 5.74) is 0. The third-order valence-electron chi connectivity index (χ3n) is 1.50. The highest BCUT2D eigenvalue weighted by molar-refractivity contribution is 6.45. The largest absolute Gasteiger partial charge is 0.465 e. The Morgan fingerprint density at radius 3 is 2.50 bits per heavy atom. The van der Waals surface area contributed by atoms with Gasteiger partial charge in [0.2, 0.25) is 0 Å². The Kier molecular flexibility index (Phi) is 2.80. The summed E-state index contributed by atoms with van der Waals surface area (Å²) in [6.07, 6.45) is 0. The molecule has 0 saturated carbocycles. The van der Waals surface area contributed by atoms with Crippen molar-refractivity contribution in [3.05, 3.63) is 0 Å². The van der Waals surface area contributed by atoms with Gasteiger partial charge in [0, 0.05) is 0 Å². The number of hydrogen-bond donors (Lipinski definition) is 1. The third kappa shape index (κ3) is 1.87. The Labute approximate surface area is 79.0 Å². The second-order valence-electron chi connectivity index (χ2n) is 2.46. The maximum atomic E-state index is 10.9. The molecule has 7 nitrogen and oxygen atoms in total. The number of hydrogen-bond acceptors (Lipinski definition) is 5. The van der Waals surface area contributed by atoms with Crippen molar-refractivity contribution < 1.29 is 23.9 Å². The quantitative estimate of drug-likeness (QED) is 0.344. The zero-order valence-electron chi connectivity index (χ0n) is 7.40. The number of imide groups is 2. The van der Waals surface area contributed by atoms with Gasteiger partial charge < -0.3 is 4.74 Å². The van der Waals surface area contributed by atoms with Crippen LogP contribution in [0.25, 0.3) is 0 Å². The molecule has 1 N–H and O–H groups in total. The van der Waals surface area contributed by atoms with E-state index >= 15 is 0 Å². The van der Waals surface area contributed by atoms with Crippen LogP contribution in [-0.2, 0) is 19.1 Å². The summed E-state index contributed by atoms with van der Waals surface area (Å²) >= 11 is 0. The van der Waals surface area contributed by atoms with E-state index in [0.717, 1.165) is 0 Å².